The maximum atomic E-state index is 5.01. The standard InChI is InChI=1S/C16H23N5O/c1-17-16(19-7-9-22-2)20-11-14-4-3-5-15(10-14)12-21-8-6-18-13-21/h3-6,8,10,13H,7,9,11-12H2,1-2H3,(H2,17,19,20). The molecule has 2 aromatic rings. The molecule has 22 heavy (non-hydrogen) atoms. The largest absolute Gasteiger partial charge is 0.383 e. The molecule has 0 spiro atoms. The van der Waals surface area contributed by atoms with Gasteiger partial charge in [-0.1, -0.05) is 24.3 Å². The number of hydrogen-bond donors (Lipinski definition) is 2. The number of guanidine groups is 1. The fourth-order valence-corrected chi connectivity index (χ4v) is 2.11. The summed E-state index contributed by atoms with van der Waals surface area (Å²) in [7, 11) is 3.45. The van der Waals surface area contributed by atoms with Gasteiger partial charge in [-0.3, -0.25) is 4.99 Å². The first kappa shape index (κ1) is 16.0. The first-order valence-electron chi connectivity index (χ1n) is 7.29. The highest BCUT2D eigenvalue weighted by Crippen LogP contribution is 2.07. The summed E-state index contributed by atoms with van der Waals surface area (Å²) in [5, 5.41) is 6.49. The number of rotatable bonds is 7. The van der Waals surface area contributed by atoms with Gasteiger partial charge in [-0.05, 0) is 11.1 Å². The van der Waals surface area contributed by atoms with Gasteiger partial charge in [0.05, 0.1) is 12.9 Å². The number of nitrogens with one attached hydrogen (secondary N) is 2. The molecule has 0 aliphatic carbocycles. The first-order valence-corrected chi connectivity index (χ1v) is 7.29. The maximum absolute atomic E-state index is 5.01. The number of benzene rings is 1. The Morgan fingerprint density at radius 2 is 2.18 bits per heavy atom. The predicted molar refractivity (Wildman–Crippen MR) is 87.8 cm³/mol. The van der Waals surface area contributed by atoms with Crippen LogP contribution in [0.2, 0.25) is 0 Å². The van der Waals surface area contributed by atoms with Crippen LogP contribution in [0.3, 0.4) is 0 Å². The molecule has 0 saturated heterocycles. The second-order valence-corrected chi connectivity index (χ2v) is 4.90. The quantitative estimate of drug-likeness (QED) is 0.459. The van der Waals surface area contributed by atoms with Crippen molar-refractivity contribution in [2.75, 3.05) is 27.3 Å². The van der Waals surface area contributed by atoms with Crippen LogP contribution in [0.5, 0.6) is 0 Å². The van der Waals surface area contributed by atoms with E-state index in [0.717, 1.165) is 25.6 Å². The van der Waals surface area contributed by atoms with Crippen LogP contribution in [-0.4, -0.2) is 42.8 Å². The van der Waals surface area contributed by atoms with Gasteiger partial charge in [0.2, 0.25) is 0 Å². The lowest BCUT2D eigenvalue weighted by Gasteiger charge is -2.12. The minimum Gasteiger partial charge on any atom is -0.383 e. The van der Waals surface area contributed by atoms with E-state index in [-0.39, 0.29) is 0 Å². The van der Waals surface area contributed by atoms with Crippen molar-refractivity contribution < 1.29 is 4.74 Å². The van der Waals surface area contributed by atoms with Crippen LogP contribution in [-0.2, 0) is 17.8 Å². The van der Waals surface area contributed by atoms with Gasteiger partial charge in [-0.2, -0.15) is 0 Å². The fraction of sp³-hybridized carbons (Fsp3) is 0.375. The zero-order chi connectivity index (χ0) is 15.6. The van der Waals surface area contributed by atoms with Gasteiger partial charge >= 0.3 is 0 Å². The average molecular weight is 301 g/mol. The van der Waals surface area contributed by atoms with Crippen molar-refractivity contribution in [1.82, 2.24) is 20.2 Å². The summed E-state index contributed by atoms with van der Waals surface area (Å²) in [6, 6.07) is 8.49. The summed E-state index contributed by atoms with van der Waals surface area (Å²) >= 11 is 0. The van der Waals surface area contributed by atoms with Crippen LogP contribution in [0.4, 0.5) is 0 Å². The highest BCUT2D eigenvalue weighted by atomic mass is 16.5. The zero-order valence-electron chi connectivity index (χ0n) is 13.1. The lowest BCUT2D eigenvalue weighted by atomic mass is 10.1. The second-order valence-electron chi connectivity index (χ2n) is 4.90. The van der Waals surface area contributed by atoms with E-state index in [1.54, 1.807) is 20.4 Å². The monoisotopic (exact) mass is 301 g/mol. The van der Waals surface area contributed by atoms with Crippen LogP contribution < -0.4 is 10.6 Å². The molecule has 1 heterocycles. The van der Waals surface area contributed by atoms with E-state index >= 15 is 0 Å². The molecular formula is C16H23N5O. The lowest BCUT2D eigenvalue weighted by Crippen LogP contribution is -2.38. The SMILES string of the molecule is CN=C(NCCOC)NCc1cccc(Cn2ccnc2)c1. The van der Waals surface area contributed by atoms with E-state index in [4.69, 9.17) is 4.74 Å². The molecule has 1 aromatic heterocycles. The lowest BCUT2D eigenvalue weighted by molar-refractivity contribution is 0.203. The molecule has 2 rings (SSSR count). The fourth-order valence-electron chi connectivity index (χ4n) is 2.11. The Morgan fingerprint density at radius 3 is 2.91 bits per heavy atom. The van der Waals surface area contributed by atoms with Crippen molar-refractivity contribution in [3.8, 4) is 0 Å². The Bertz CT molecular complexity index is 580. The van der Waals surface area contributed by atoms with Gasteiger partial charge in [0.25, 0.3) is 0 Å². The molecule has 118 valence electrons. The summed E-state index contributed by atoms with van der Waals surface area (Å²) in [4.78, 5) is 8.25. The molecule has 0 atom stereocenters. The molecule has 0 amide bonds. The summed E-state index contributed by atoms with van der Waals surface area (Å²) in [6.45, 7) is 2.94. The van der Waals surface area contributed by atoms with E-state index in [1.807, 2.05) is 12.5 Å². The first-order chi connectivity index (χ1) is 10.8. The van der Waals surface area contributed by atoms with Gasteiger partial charge in [-0.15, -0.1) is 0 Å². The molecule has 0 unspecified atom stereocenters. The van der Waals surface area contributed by atoms with E-state index in [9.17, 15) is 0 Å². The third-order valence-corrected chi connectivity index (χ3v) is 3.20. The molecule has 2 N–H and O–H groups in total. The topological polar surface area (TPSA) is 63.5 Å². The third kappa shape index (κ3) is 5.21. The van der Waals surface area contributed by atoms with Crippen LogP contribution in [0.1, 0.15) is 11.1 Å². The predicted octanol–water partition coefficient (Wildman–Crippen LogP) is 1.24. The summed E-state index contributed by atoms with van der Waals surface area (Å²) in [6.07, 6.45) is 5.58. The molecule has 0 aliphatic heterocycles. The number of methoxy groups -OCH3 is 1. The number of aromatic nitrogens is 2. The molecule has 1 aromatic carbocycles. The molecule has 0 radical (unpaired) electrons. The molecule has 6 heteroatoms. The van der Waals surface area contributed by atoms with E-state index in [0.29, 0.717) is 6.61 Å². The van der Waals surface area contributed by atoms with Gasteiger partial charge in [0.15, 0.2) is 5.96 Å². The Kier molecular flexibility index (Phi) is 6.44. The summed E-state index contributed by atoms with van der Waals surface area (Å²) in [5.41, 5.74) is 2.46. The second kappa shape index (κ2) is 8.84. The molecule has 0 bridgehead atoms. The third-order valence-electron chi connectivity index (χ3n) is 3.20. The van der Waals surface area contributed by atoms with Gasteiger partial charge in [0, 0.05) is 46.2 Å². The maximum Gasteiger partial charge on any atom is 0.191 e. The summed E-state index contributed by atoms with van der Waals surface area (Å²) in [5.74, 6) is 0.775. The van der Waals surface area contributed by atoms with Crippen LogP contribution in [0.15, 0.2) is 48.0 Å². The molecule has 0 saturated carbocycles. The van der Waals surface area contributed by atoms with Crippen molar-refractivity contribution in [1.29, 1.82) is 0 Å². The van der Waals surface area contributed by atoms with E-state index in [1.165, 1.54) is 11.1 Å². The number of aliphatic imine (C=N–C) groups is 1. The van der Waals surface area contributed by atoms with Crippen LogP contribution in [0.25, 0.3) is 0 Å². The average Bonchev–Trinajstić information content (AvgIpc) is 3.04. The minimum absolute atomic E-state index is 0.654. The Labute approximate surface area is 131 Å². The number of imidazole rings is 1. The van der Waals surface area contributed by atoms with Crippen molar-refractivity contribution in [3.05, 3.63) is 54.1 Å². The van der Waals surface area contributed by atoms with Gasteiger partial charge in [0.1, 0.15) is 0 Å². The van der Waals surface area contributed by atoms with Gasteiger partial charge < -0.3 is 19.9 Å². The Balaban J connectivity index is 1.87. The number of nitrogens with zero attached hydrogens (tertiary/aromatic N) is 3. The highest BCUT2D eigenvalue weighted by Gasteiger charge is 2.00. The molecule has 6 nitrogen and oxygen atoms in total. The normalized spacial score (nSPS) is 11.5. The Hall–Kier alpha value is -2.34. The highest BCUT2D eigenvalue weighted by molar-refractivity contribution is 5.79. The van der Waals surface area contributed by atoms with Crippen molar-refractivity contribution in [2.24, 2.45) is 4.99 Å². The zero-order valence-corrected chi connectivity index (χ0v) is 13.1. The van der Waals surface area contributed by atoms with Crippen molar-refractivity contribution in [2.45, 2.75) is 13.1 Å². The van der Waals surface area contributed by atoms with Crippen molar-refractivity contribution >= 4 is 5.96 Å². The molecular weight excluding hydrogens is 278 g/mol. The number of hydrogen-bond acceptors (Lipinski definition) is 3. The van der Waals surface area contributed by atoms with E-state index in [2.05, 4.69) is 49.4 Å². The van der Waals surface area contributed by atoms with Gasteiger partial charge in [-0.25, -0.2) is 4.98 Å². The minimum atomic E-state index is 0.654. The van der Waals surface area contributed by atoms with Crippen LogP contribution >= 0.6 is 0 Å². The smallest absolute Gasteiger partial charge is 0.191 e. The molecule has 0 aliphatic rings. The molecule has 0 fully saturated rings. The Morgan fingerprint density at radius 1 is 1.32 bits per heavy atom. The van der Waals surface area contributed by atoms with Crippen molar-refractivity contribution in [3.63, 3.8) is 0 Å². The van der Waals surface area contributed by atoms with Crippen LogP contribution in [0, 0.1) is 0 Å². The summed E-state index contributed by atoms with van der Waals surface area (Å²) < 4.78 is 7.07. The van der Waals surface area contributed by atoms with E-state index < -0.39 is 0 Å². The number of ether oxygens (including phenoxy) is 1.